The summed E-state index contributed by atoms with van der Waals surface area (Å²) in [4.78, 5) is 30.5. The number of nitrogens with one attached hydrogen (secondary N) is 1. The summed E-state index contributed by atoms with van der Waals surface area (Å²) in [6.07, 6.45) is 8.96. The van der Waals surface area contributed by atoms with Crippen LogP contribution in [-0.4, -0.2) is 27.3 Å². The molecule has 0 saturated heterocycles. The van der Waals surface area contributed by atoms with E-state index in [0.29, 0.717) is 33.8 Å². The molecule has 0 unspecified atom stereocenters. The van der Waals surface area contributed by atoms with E-state index < -0.39 is 0 Å². The van der Waals surface area contributed by atoms with Gasteiger partial charge in [-0.25, -0.2) is 4.98 Å². The monoisotopic (exact) mass is 439 g/mol. The Balaban J connectivity index is 1.28. The van der Waals surface area contributed by atoms with Gasteiger partial charge in [0.25, 0.3) is 5.56 Å². The number of hydrogen-bond donors (Lipinski definition) is 1. The van der Waals surface area contributed by atoms with Crippen LogP contribution in [0.3, 0.4) is 0 Å². The Hall–Kier alpha value is -1.82. The lowest BCUT2D eigenvalue weighted by atomic mass is 9.48. The zero-order valence-electron chi connectivity index (χ0n) is 18.6. The predicted octanol–water partition coefficient (Wildman–Crippen LogP) is 4.62. The first-order valence-corrected chi connectivity index (χ1v) is 12.9. The molecule has 166 valence electrons. The maximum Gasteiger partial charge on any atom is 0.262 e. The maximum atomic E-state index is 12.9. The van der Waals surface area contributed by atoms with Gasteiger partial charge in [0.05, 0.1) is 16.7 Å². The molecule has 2 aromatic rings. The van der Waals surface area contributed by atoms with E-state index in [1.54, 1.807) is 4.57 Å². The molecule has 0 spiro atoms. The minimum absolute atomic E-state index is 0.0164. The molecule has 0 aliphatic heterocycles. The zero-order valence-corrected chi connectivity index (χ0v) is 19.4. The topological polar surface area (TPSA) is 64.0 Å². The first kappa shape index (κ1) is 21.0. The van der Waals surface area contributed by atoms with Crippen LogP contribution in [0.5, 0.6) is 0 Å². The quantitative estimate of drug-likeness (QED) is 0.505. The van der Waals surface area contributed by atoms with Crippen LogP contribution < -0.4 is 10.9 Å². The number of rotatable bonds is 7. The van der Waals surface area contributed by atoms with Crippen molar-refractivity contribution in [1.29, 1.82) is 0 Å². The molecule has 4 aliphatic carbocycles. The SMILES string of the molecule is CCCn1c(SCC(=O)N[C@H](C)C23CC4CC(CC(C4)C2)C3)nc2ccccc2c1=O. The van der Waals surface area contributed by atoms with Crippen LogP contribution in [0.4, 0.5) is 0 Å². The van der Waals surface area contributed by atoms with Gasteiger partial charge in [-0.3, -0.25) is 14.2 Å². The summed E-state index contributed by atoms with van der Waals surface area (Å²) in [5, 5.41) is 4.62. The van der Waals surface area contributed by atoms with Crippen LogP contribution in [0.25, 0.3) is 10.9 Å². The van der Waals surface area contributed by atoms with Gasteiger partial charge in [-0.15, -0.1) is 0 Å². The van der Waals surface area contributed by atoms with E-state index >= 15 is 0 Å². The minimum atomic E-state index is -0.0164. The number of aromatic nitrogens is 2. The van der Waals surface area contributed by atoms with E-state index in [-0.39, 0.29) is 17.5 Å². The lowest BCUT2D eigenvalue weighted by Crippen LogP contribution is -2.56. The Morgan fingerprint density at radius 2 is 1.84 bits per heavy atom. The molecule has 6 rings (SSSR count). The number of para-hydroxylation sites is 1. The molecule has 4 fully saturated rings. The van der Waals surface area contributed by atoms with Gasteiger partial charge >= 0.3 is 0 Å². The third-order valence-electron chi connectivity index (χ3n) is 7.99. The second-order valence-corrected chi connectivity index (χ2v) is 11.2. The van der Waals surface area contributed by atoms with E-state index in [2.05, 4.69) is 19.2 Å². The van der Waals surface area contributed by atoms with Crippen molar-refractivity contribution in [3.05, 3.63) is 34.6 Å². The second kappa shape index (κ2) is 8.27. The average molecular weight is 440 g/mol. The molecule has 31 heavy (non-hydrogen) atoms. The van der Waals surface area contributed by atoms with Crippen LogP contribution >= 0.6 is 11.8 Å². The van der Waals surface area contributed by atoms with E-state index in [1.165, 1.54) is 50.3 Å². The van der Waals surface area contributed by atoms with Crippen molar-refractivity contribution in [2.24, 2.45) is 23.2 Å². The van der Waals surface area contributed by atoms with E-state index in [4.69, 9.17) is 4.98 Å². The first-order valence-electron chi connectivity index (χ1n) is 11.9. The number of thioether (sulfide) groups is 1. The van der Waals surface area contributed by atoms with Crippen molar-refractivity contribution in [1.82, 2.24) is 14.9 Å². The summed E-state index contributed by atoms with van der Waals surface area (Å²) in [6.45, 7) is 4.89. The van der Waals surface area contributed by atoms with Crippen LogP contribution in [0, 0.1) is 23.2 Å². The molecule has 5 nitrogen and oxygen atoms in total. The third kappa shape index (κ3) is 3.92. The number of carbonyl (C=O) groups excluding carboxylic acids is 1. The highest BCUT2D eigenvalue weighted by Gasteiger charge is 2.53. The summed E-state index contributed by atoms with van der Waals surface area (Å²) < 4.78 is 1.72. The van der Waals surface area contributed by atoms with Crippen LogP contribution in [0.2, 0.25) is 0 Å². The van der Waals surface area contributed by atoms with Gasteiger partial charge in [-0.2, -0.15) is 0 Å². The predicted molar refractivity (Wildman–Crippen MR) is 125 cm³/mol. The molecule has 1 N–H and O–H groups in total. The summed E-state index contributed by atoms with van der Waals surface area (Å²) in [7, 11) is 0. The summed E-state index contributed by atoms with van der Waals surface area (Å²) in [5.41, 5.74) is 0.989. The van der Waals surface area contributed by atoms with Crippen LogP contribution in [0.1, 0.15) is 58.8 Å². The number of carbonyl (C=O) groups is 1. The largest absolute Gasteiger partial charge is 0.352 e. The van der Waals surface area contributed by atoms with Crippen molar-refractivity contribution < 1.29 is 4.79 Å². The summed E-state index contributed by atoms with van der Waals surface area (Å²) in [6, 6.07) is 7.68. The molecule has 1 amide bonds. The molecule has 1 atom stereocenters. The van der Waals surface area contributed by atoms with Crippen molar-refractivity contribution in [2.75, 3.05) is 5.75 Å². The van der Waals surface area contributed by atoms with Crippen molar-refractivity contribution >= 4 is 28.6 Å². The fourth-order valence-corrected chi connectivity index (χ4v) is 7.79. The Labute approximate surface area is 188 Å². The Morgan fingerprint density at radius 3 is 2.48 bits per heavy atom. The molecular formula is C25H33N3O2S. The number of hydrogen-bond acceptors (Lipinski definition) is 4. The average Bonchev–Trinajstić information content (AvgIpc) is 2.73. The summed E-state index contributed by atoms with van der Waals surface area (Å²) in [5.74, 6) is 2.99. The Kier molecular flexibility index (Phi) is 5.61. The highest BCUT2D eigenvalue weighted by atomic mass is 32.2. The number of benzene rings is 1. The van der Waals surface area contributed by atoms with Crippen molar-refractivity contribution in [2.45, 2.75) is 76.5 Å². The number of amides is 1. The smallest absolute Gasteiger partial charge is 0.262 e. The minimum Gasteiger partial charge on any atom is -0.352 e. The van der Waals surface area contributed by atoms with E-state index in [1.807, 2.05) is 24.3 Å². The molecule has 1 aromatic heterocycles. The fraction of sp³-hybridized carbons (Fsp3) is 0.640. The molecule has 4 aliphatic rings. The second-order valence-electron chi connectivity index (χ2n) is 10.2. The van der Waals surface area contributed by atoms with Crippen LogP contribution in [0.15, 0.2) is 34.2 Å². The van der Waals surface area contributed by atoms with Crippen molar-refractivity contribution in [3.63, 3.8) is 0 Å². The molecular weight excluding hydrogens is 406 g/mol. The lowest BCUT2D eigenvalue weighted by Gasteiger charge is -2.59. The fourth-order valence-electron chi connectivity index (χ4n) is 6.95. The van der Waals surface area contributed by atoms with Gasteiger partial charge in [0.2, 0.25) is 5.91 Å². The molecule has 1 heterocycles. The van der Waals surface area contributed by atoms with Crippen LogP contribution in [-0.2, 0) is 11.3 Å². The zero-order chi connectivity index (χ0) is 21.6. The highest BCUT2D eigenvalue weighted by molar-refractivity contribution is 7.99. The van der Waals surface area contributed by atoms with Gasteiger partial charge in [0, 0.05) is 12.6 Å². The molecule has 4 bridgehead atoms. The first-order chi connectivity index (χ1) is 15.0. The molecule has 0 radical (unpaired) electrons. The maximum absolute atomic E-state index is 12.9. The van der Waals surface area contributed by atoms with Gasteiger partial charge < -0.3 is 5.32 Å². The normalized spacial score (nSPS) is 29.9. The Bertz CT molecular complexity index is 1010. The van der Waals surface area contributed by atoms with E-state index in [0.717, 1.165) is 24.2 Å². The molecule has 1 aromatic carbocycles. The lowest BCUT2D eigenvalue weighted by molar-refractivity contribution is -0.123. The molecule has 4 saturated carbocycles. The van der Waals surface area contributed by atoms with Crippen molar-refractivity contribution in [3.8, 4) is 0 Å². The van der Waals surface area contributed by atoms with Gasteiger partial charge in [0.1, 0.15) is 0 Å². The van der Waals surface area contributed by atoms with E-state index in [9.17, 15) is 9.59 Å². The standard InChI is InChI=1S/C25H33N3O2S/c1-3-8-28-23(30)20-6-4-5-7-21(20)27-24(28)31-15-22(29)26-16(2)25-12-17-9-18(13-25)11-19(10-17)14-25/h4-7,16-19H,3,8-15H2,1-2H3,(H,26,29)/t16-,17?,18?,19?,25?/m1/s1. The van der Waals surface area contributed by atoms with Gasteiger partial charge in [0.15, 0.2) is 5.16 Å². The van der Waals surface area contributed by atoms with Gasteiger partial charge in [-0.05, 0) is 87.2 Å². The Morgan fingerprint density at radius 1 is 1.19 bits per heavy atom. The third-order valence-corrected chi connectivity index (χ3v) is 8.96. The molecule has 6 heteroatoms. The number of nitrogens with zero attached hydrogens (tertiary/aromatic N) is 2. The number of fused-ring (bicyclic) bond motifs is 1. The highest BCUT2D eigenvalue weighted by Crippen LogP contribution is 2.61. The summed E-state index contributed by atoms with van der Waals surface area (Å²) >= 11 is 1.38. The van der Waals surface area contributed by atoms with Gasteiger partial charge in [-0.1, -0.05) is 30.8 Å².